The van der Waals surface area contributed by atoms with Gasteiger partial charge in [0.1, 0.15) is 12.1 Å². The van der Waals surface area contributed by atoms with Gasteiger partial charge in [-0.1, -0.05) is 0 Å². The van der Waals surface area contributed by atoms with Gasteiger partial charge >= 0.3 is 0 Å². The number of nitrogens with zero attached hydrogens (tertiary/aromatic N) is 5. The molecule has 6 aliphatic rings. The van der Waals surface area contributed by atoms with Crippen LogP contribution >= 0.6 is 0 Å². The highest BCUT2D eigenvalue weighted by atomic mass is 16.2. The summed E-state index contributed by atoms with van der Waals surface area (Å²) in [5, 5.41) is 8.64. The first kappa shape index (κ1) is 18.7. The molecule has 7 nitrogen and oxygen atoms in total. The van der Waals surface area contributed by atoms with Crippen LogP contribution in [-0.4, -0.2) is 49.2 Å². The van der Waals surface area contributed by atoms with Gasteiger partial charge in [0.25, 0.3) is 0 Å². The van der Waals surface area contributed by atoms with Gasteiger partial charge in [-0.15, -0.1) is 0 Å². The number of amides is 1. The lowest BCUT2D eigenvalue weighted by Gasteiger charge is -2.66. The van der Waals surface area contributed by atoms with E-state index in [1.54, 1.807) is 6.33 Å². The number of fused-ring (bicyclic) bond motifs is 1. The third-order valence-electron chi connectivity index (χ3n) is 9.19. The standard InChI is InChI=1S/C23H32N6O/c1-13(2)28(14(3)4)5-6-29-20-18(11-26-29)19(24-12-25-20)27-21(30)23-16-7-15-8-17(23)10-22(15,23)9-16/h11-17H,5-10H2,1-4H3,(H,24,25,27,30). The van der Waals surface area contributed by atoms with E-state index in [0.717, 1.165) is 30.0 Å². The van der Waals surface area contributed by atoms with Gasteiger partial charge in [-0.3, -0.25) is 9.69 Å². The Morgan fingerprint density at radius 3 is 2.50 bits per heavy atom. The molecule has 2 aromatic rings. The maximum absolute atomic E-state index is 13.5. The Bertz CT molecular complexity index is 998. The number of carbonyl (C=O) groups excluding carboxylic acids is 1. The molecule has 1 amide bonds. The number of aromatic nitrogens is 4. The van der Waals surface area contributed by atoms with Gasteiger partial charge in [0.2, 0.25) is 5.91 Å². The summed E-state index contributed by atoms with van der Waals surface area (Å²) in [7, 11) is 0. The first-order valence-electron chi connectivity index (χ1n) is 11.6. The summed E-state index contributed by atoms with van der Waals surface area (Å²) in [4.78, 5) is 24.8. The normalized spacial score (nSPS) is 35.4. The molecule has 8 rings (SSSR count). The van der Waals surface area contributed by atoms with Gasteiger partial charge in [0, 0.05) is 18.6 Å². The SMILES string of the molecule is CC(C)N(CCn1ncc2c(NC(=O)C34C5CC6CC3CC64C5)ncnc21)C(C)C. The molecule has 6 fully saturated rings. The topological polar surface area (TPSA) is 75.9 Å². The average Bonchev–Trinajstić information content (AvgIpc) is 3.40. The molecule has 0 aromatic carbocycles. The maximum Gasteiger partial charge on any atom is 0.232 e. The van der Waals surface area contributed by atoms with Crippen LogP contribution in [0.5, 0.6) is 0 Å². The number of anilines is 1. The summed E-state index contributed by atoms with van der Waals surface area (Å²) in [6.45, 7) is 10.6. The van der Waals surface area contributed by atoms with E-state index >= 15 is 0 Å². The monoisotopic (exact) mass is 408 g/mol. The lowest BCUT2D eigenvalue weighted by molar-refractivity contribution is -0.201. The van der Waals surface area contributed by atoms with E-state index in [-0.39, 0.29) is 11.3 Å². The van der Waals surface area contributed by atoms with E-state index in [0.29, 0.717) is 35.2 Å². The van der Waals surface area contributed by atoms with Gasteiger partial charge in [-0.2, -0.15) is 5.10 Å². The van der Waals surface area contributed by atoms with E-state index in [4.69, 9.17) is 0 Å². The summed E-state index contributed by atoms with van der Waals surface area (Å²) in [6.07, 6.45) is 8.46. The van der Waals surface area contributed by atoms with Crippen molar-refractivity contribution in [3.8, 4) is 0 Å². The van der Waals surface area contributed by atoms with Gasteiger partial charge in [-0.25, -0.2) is 14.6 Å². The highest BCUT2D eigenvalue weighted by Crippen LogP contribution is 2.91. The summed E-state index contributed by atoms with van der Waals surface area (Å²) in [5.74, 6) is 2.85. The Morgan fingerprint density at radius 2 is 1.87 bits per heavy atom. The fraction of sp³-hybridized carbons (Fsp3) is 0.739. The van der Waals surface area contributed by atoms with Crippen LogP contribution in [0.3, 0.4) is 0 Å². The van der Waals surface area contributed by atoms with Crippen LogP contribution in [0.4, 0.5) is 5.82 Å². The van der Waals surface area contributed by atoms with Crippen LogP contribution < -0.4 is 5.32 Å². The number of rotatable bonds is 7. The van der Waals surface area contributed by atoms with E-state index < -0.39 is 0 Å². The second kappa shape index (κ2) is 6.02. The van der Waals surface area contributed by atoms with Crippen molar-refractivity contribution >= 4 is 22.8 Å². The molecule has 2 heterocycles. The van der Waals surface area contributed by atoms with Crippen LogP contribution in [0, 0.1) is 28.6 Å². The highest BCUT2D eigenvalue weighted by molar-refractivity contribution is 6.03. The molecule has 2 aromatic heterocycles. The van der Waals surface area contributed by atoms with Crippen molar-refractivity contribution in [3.05, 3.63) is 12.5 Å². The zero-order chi connectivity index (χ0) is 20.8. The van der Waals surface area contributed by atoms with Crippen molar-refractivity contribution in [2.45, 2.75) is 72.0 Å². The molecule has 160 valence electrons. The molecule has 6 aliphatic carbocycles. The molecule has 1 spiro atoms. The zero-order valence-electron chi connectivity index (χ0n) is 18.4. The van der Waals surface area contributed by atoms with E-state index in [1.165, 1.54) is 25.7 Å². The minimum absolute atomic E-state index is 0.0834. The molecule has 6 saturated carbocycles. The second-order valence-corrected chi connectivity index (χ2v) is 10.7. The Morgan fingerprint density at radius 1 is 1.17 bits per heavy atom. The van der Waals surface area contributed by atoms with Crippen LogP contribution in [0.2, 0.25) is 0 Å². The first-order valence-corrected chi connectivity index (χ1v) is 11.6. The second-order valence-electron chi connectivity index (χ2n) is 10.7. The number of hydrogen-bond donors (Lipinski definition) is 1. The molecular formula is C23H32N6O. The molecular weight excluding hydrogens is 376 g/mol. The highest BCUT2D eigenvalue weighted by Gasteiger charge is 2.89. The third-order valence-corrected chi connectivity index (χ3v) is 9.19. The molecule has 0 radical (unpaired) electrons. The lowest BCUT2D eigenvalue weighted by Crippen LogP contribution is -2.68. The predicted molar refractivity (Wildman–Crippen MR) is 115 cm³/mol. The molecule has 1 N–H and O–H groups in total. The van der Waals surface area contributed by atoms with Gasteiger partial charge in [-0.05, 0) is 76.5 Å². The predicted octanol–water partition coefficient (Wildman–Crippen LogP) is 3.32. The summed E-state index contributed by atoms with van der Waals surface area (Å²) in [5.41, 5.74) is 1.05. The Kier molecular flexibility index (Phi) is 3.76. The molecule has 0 aliphatic heterocycles. The molecule has 0 saturated heterocycles. The molecule has 2 unspecified atom stereocenters. The average molecular weight is 409 g/mol. The smallest absolute Gasteiger partial charge is 0.232 e. The van der Waals surface area contributed by atoms with Crippen LogP contribution in [0.25, 0.3) is 11.0 Å². The third kappa shape index (κ3) is 2.05. The Hall–Kier alpha value is -2.02. The summed E-state index contributed by atoms with van der Waals surface area (Å²) >= 11 is 0. The van der Waals surface area contributed by atoms with Crippen molar-refractivity contribution in [2.24, 2.45) is 28.6 Å². The number of nitrogens with one attached hydrogen (secondary N) is 1. The summed E-state index contributed by atoms with van der Waals surface area (Å²) in [6, 6.07) is 0.962. The zero-order valence-corrected chi connectivity index (χ0v) is 18.4. The number of carbonyl (C=O) groups is 1. The molecule has 7 heteroatoms. The van der Waals surface area contributed by atoms with E-state index in [9.17, 15) is 4.79 Å². The van der Waals surface area contributed by atoms with Crippen LogP contribution in [0.1, 0.15) is 53.4 Å². The largest absolute Gasteiger partial charge is 0.309 e. The fourth-order valence-electron chi connectivity index (χ4n) is 8.24. The van der Waals surface area contributed by atoms with Gasteiger partial charge in [0.05, 0.1) is 23.5 Å². The molecule has 30 heavy (non-hydrogen) atoms. The van der Waals surface area contributed by atoms with Crippen molar-refractivity contribution in [3.63, 3.8) is 0 Å². The molecule has 5 bridgehead atoms. The number of hydrogen-bond acceptors (Lipinski definition) is 5. The Balaban J connectivity index is 1.23. The maximum atomic E-state index is 13.5. The van der Waals surface area contributed by atoms with Gasteiger partial charge < -0.3 is 5.32 Å². The van der Waals surface area contributed by atoms with Crippen molar-refractivity contribution in [2.75, 3.05) is 11.9 Å². The van der Waals surface area contributed by atoms with Gasteiger partial charge in [0.15, 0.2) is 5.65 Å². The van der Waals surface area contributed by atoms with Crippen molar-refractivity contribution in [1.82, 2.24) is 24.6 Å². The minimum atomic E-state index is -0.0834. The van der Waals surface area contributed by atoms with E-state index in [2.05, 4.69) is 53.0 Å². The van der Waals surface area contributed by atoms with E-state index in [1.807, 2.05) is 10.9 Å². The van der Waals surface area contributed by atoms with Crippen molar-refractivity contribution < 1.29 is 4.79 Å². The quantitative estimate of drug-likeness (QED) is 0.761. The van der Waals surface area contributed by atoms with Crippen LogP contribution in [0.15, 0.2) is 12.5 Å². The molecule has 2 atom stereocenters. The van der Waals surface area contributed by atoms with Crippen molar-refractivity contribution in [1.29, 1.82) is 0 Å². The Labute approximate surface area is 177 Å². The minimum Gasteiger partial charge on any atom is -0.309 e. The summed E-state index contributed by atoms with van der Waals surface area (Å²) < 4.78 is 1.94. The fourth-order valence-corrected chi connectivity index (χ4v) is 8.24. The lowest BCUT2D eigenvalue weighted by atomic mass is 9.36. The first-order chi connectivity index (χ1) is 14.4. The van der Waals surface area contributed by atoms with Crippen LogP contribution in [-0.2, 0) is 11.3 Å².